The molecule has 0 bridgehead atoms. The molecule has 1 aliphatic heterocycles. The number of carbonyl (C=O) groups excluding carboxylic acids is 2. The molecule has 1 saturated heterocycles. The molecule has 9 heteroatoms. The molecule has 8 nitrogen and oxygen atoms in total. The fraction of sp³-hybridized carbons (Fsp3) is 0.438. The van der Waals surface area contributed by atoms with Gasteiger partial charge in [-0.05, 0) is 26.7 Å². The second kappa shape index (κ2) is 8.36. The van der Waals surface area contributed by atoms with Crippen LogP contribution in [-0.4, -0.2) is 45.0 Å². The quantitative estimate of drug-likeness (QED) is 0.444. The van der Waals surface area contributed by atoms with Gasteiger partial charge in [-0.1, -0.05) is 11.8 Å². The number of aryl methyl sites for hydroxylation is 2. The predicted octanol–water partition coefficient (Wildman–Crippen LogP) is 0.990. The third kappa shape index (κ3) is 4.01. The van der Waals surface area contributed by atoms with Gasteiger partial charge in [0.1, 0.15) is 23.2 Å². The first-order valence-electron chi connectivity index (χ1n) is 7.79. The summed E-state index contributed by atoms with van der Waals surface area (Å²) >= 11 is 1.23. The van der Waals surface area contributed by atoms with Crippen LogP contribution in [0.25, 0.3) is 0 Å². The number of aromatic amines is 1. The van der Waals surface area contributed by atoms with Crippen LogP contribution in [0, 0.1) is 29.6 Å². The van der Waals surface area contributed by atoms with Crippen molar-refractivity contribution in [3.8, 4) is 12.1 Å². The van der Waals surface area contributed by atoms with Crippen molar-refractivity contribution < 1.29 is 9.59 Å². The summed E-state index contributed by atoms with van der Waals surface area (Å²) in [5.41, 5.74) is 1.74. The molecule has 1 aromatic heterocycles. The molecule has 0 radical (unpaired) electrons. The van der Waals surface area contributed by atoms with E-state index in [0.717, 1.165) is 11.4 Å². The molecular formula is C16H18N6O2S. The van der Waals surface area contributed by atoms with Crippen LogP contribution in [0.1, 0.15) is 24.7 Å². The standard InChI is InChI=1S/C16H18N6O2S/c1-3-22-15(24)13(5-4-12-10(2)20-9-21-12)25-16(22)11(8-18)14(23)19-7-6-17/h9,13H,3-5,7H2,1-2H3,(H,19,23)(H,20,21)/b16-11-. The number of nitrogens with one attached hydrogen (secondary N) is 2. The molecule has 1 atom stereocenters. The van der Waals surface area contributed by atoms with Crippen LogP contribution in [-0.2, 0) is 16.0 Å². The maximum atomic E-state index is 12.6. The van der Waals surface area contributed by atoms with Crippen molar-refractivity contribution in [3.05, 3.63) is 28.3 Å². The summed E-state index contributed by atoms with van der Waals surface area (Å²) in [6, 6.07) is 3.65. The molecule has 1 aromatic rings. The largest absolute Gasteiger partial charge is 0.348 e. The molecule has 2 amide bonds. The summed E-state index contributed by atoms with van der Waals surface area (Å²) in [5, 5.41) is 20.2. The molecular weight excluding hydrogens is 340 g/mol. The molecule has 1 fully saturated rings. The van der Waals surface area contributed by atoms with E-state index in [9.17, 15) is 14.9 Å². The Morgan fingerprint density at radius 1 is 1.52 bits per heavy atom. The van der Waals surface area contributed by atoms with E-state index in [4.69, 9.17) is 5.26 Å². The molecule has 25 heavy (non-hydrogen) atoms. The fourth-order valence-electron chi connectivity index (χ4n) is 2.51. The summed E-state index contributed by atoms with van der Waals surface area (Å²) < 4.78 is 0. The zero-order chi connectivity index (χ0) is 18.4. The van der Waals surface area contributed by atoms with Crippen molar-refractivity contribution >= 4 is 23.6 Å². The van der Waals surface area contributed by atoms with Gasteiger partial charge >= 0.3 is 0 Å². The van der Waals surface area contributed by atoms with Crippen molar-refractivity contribution in [2.75, 3.05) is 13.1 Å². The number of hydrogen-bond donors (Lipinski definition) is 2. The highest BCUT2D eigenvalue weighted by Crippen LogP contribution is 2.39. The number of H-pyrrole nitrogens is 1. The minimum atomic E-state index is -0.637. The number of amides is 2. The maximum Gasteiger partial charge on any atom is 0.265 e. The Balaban J connectivity index is 2.19. The van der Waals surface area contributed by atoms with Crippen LogP contribution in [0.15, 0.2) is 16.9 Å². The van der Waals surface area contributed by atoms with Gasteiger partial charge in [0.25, 0.3) is 5.91 Å². The lowest BCUT2D eigenvalue weighted by molar-refractivity contribution is -0.127. The van der Waals surface area contributed by atoms with E-state index in [1.54, 1.807) is 19.3 Å². The van der Waals surface area contributed by atoms with E-state index in [0.29, 0.717) is 24.4 Å². The van der Waals surface area contributed by atoms with Crippen LogP contribution in [0.4, 0.5) is 0 Å². The first-order valence-corrected chi connectivity index (χ1v) is 8.67. The second-order valence-electron chi connectivity index (χ2n) is 5.33. The number of rotatable bonds is 6. The summed E-state index contributed by atoms with van der Waals surface area (Å²) in [7, 11) is 0. The fourth-order valence-corrected chi connectivity index (χ4v) is 3.85. The third-order valence-electron chi connectivity index (χ3n) is 3.82. The van der Waals surface area contributed by atoms with Gasteiger partial charge in [-0.2, -0.15) is 10.5 Å². The van der Waals surface area contributed by atoms with E-state index >= 15 is 0 Å². The highest BCUT2D eigenvalue weighted by atomic mass is 32.2. The Morgan fingerprint density at radius 2 is 2.28 bits per heavy atom. The minimum Gasteiger partial charge on any atom is -0.348 e. The average molecular weight is 358 g/mol. The predicted molar refractivity (Wildman–Crippen MR) is 91.7 cm³/mol. The minimum absolute atomic E-state index is 0.114. The summed E-state index contributed by atoms with van der Waals surface area (Å²) in [4.78, 5) is 33.4. The molecule has 0 saturated carbocycles. The van der Waals surface area contributed by atoms with Crippen molar-refractivity contribution in [2.24, 2.45) is 0 Å². The van der Waals surface area contributed by atoms with Crippen molar-refractivity contribution in [1.29, 1.82) is 10.5 Å². The number of thioether (sulfide) groups is 1. The average Bonchev–Trinajstić information content (AvgIpc) is 3.15. The number of nitriles is 2. The molecule has 2 heterocycles. The molecule has 2 N–H and O–H groups in total. The lowest BCUT2D eigenvalue weighted by Gasteiger charge is -2.15. The SMILES string of the molecule is CCN1C(=O)C(CCc2nc[nH]c2C)S/C1=C(/C#N)C(=O)NCC#N. The van der Waals surface area contributed by atoms with E-state index in [1.807, 2.05) is 13.0 Å². The molecule has 1 unspecified atom stereocenters. The molecule has 2 rings (SSSR count). The number of aromatic nitrogens is 2. The van der Waals surface area contributed by atoms with Gasteiger partial charge < -0.3 is 15.2 Å². The summed E-state index contributed by atoms with van der Waals surface area (Å²) in [5.74, 6) is -0.752. The Morgan fingerprint density at radius 3 is 2.84 bits per heavy atom. The van der Waals surface area contributed by atoms with Crippen LogP contribution in [0.3, 0.4) is 0 Å². The summed E-state index contributed by atoms with van der Waals surface area (Å²) in [6.45, 7) is 3.89. The molecule has 0 spiro atoms. The molecule has 0 aliphatic carbocycles. The first kappa shape index (κ1) is 18.6. The molecule has 130 valence electrons. The van der Waals surface area contributed by atoms with Gasteiger partial charge in [-0.3, -0.25) is 9.59 Å². The zero-order valence-electron chi connectivity index (χ0n) is 14.0. The maximum absolute atomic E-state index is 12.6. The van der Waals surface area contributed by atoms with Crippen molar-refractivity contribution in [2.45, 2.75) is 31.9 Å². The monoisotopic (exact) mass is 358 g/mol. The normalized spacial score (nSPS) is 18.6. The second-order valence-corrected chi connectivity index (χ2v) is 6.53. The van der Waals surface area contributed by atoms with Crippen molar-refractivity contribution in [1.82, 2.24) is 20.2 Å². The zero-order valence-corrected chi connectivity index (χ0v) is 14.8. The Labute approximate surface area is 149 Å². The number of nitrogens with zero attached hydrogens (tertiary/aromatic N) is 4. The first-order chi connectivity index (χ1) is 12.0. The third-order valence-corrected chi connectivity index (χ3v) is 5.18. The van der Waals surface area contributed by atoms with Crippen LogP contribution in [0.2, 0.25) is 0 Å². The lowest BCUT2D eigenvalue weighted by atomic mass is 10.1. The van der Waals surface area contributed by atoms with Gasteiger partial charge in [0, 0.05) is 12.2 Å². The highest BCUT2D eigenvalue weighted by Gasteiger charge is 2.38. The van der Waals surface area contributed by atoms with Gasteiger partial charge in [0.05, 0.1) is 23.3 Å². The number of imidazole rings is 1. The van der Waals surface area contributed by atoms with E-state index < -0.39 is 5.91 Å². The Kier molecular flexibility index (Phi) is 6.20. The van der Waals surface area contributed by atoms with Crippen LogP contribution >= 0.6 is 11.8 Å². The number of hydrogen-bond acceptors (Lipinski definition) is 6. The van der Waals surface area contributed by atoms with Gasteiger partial charge in [-0.25, -0.2) is 4.98 Å². The Hall–Kier alpha value is -2.78. The van der Waals surface area contributed by atoms with Crippen molar-refractivity contribution in [3.63, 3.8) is 0 Å². The van der Waals surface area contributed by atoms with E-state index in [1.165, 1.54) is 16.7 Å². The van der Waals surface area contributed by atoms with Gasteiger partial charge in [-0.15, -0.1) is 0 Å². The smallest absolute Gasteiger partial charge is 0.265 e. The van der Waals surface area contributed by atoms with Gasteiger partial charge in [0.15, 0.2) is 0 Å². The van der Waals surface area contributed by atoms with Crippen LogP contribution < -0.4 is 5.32 Å². The van der Waals surface area contributed by atoms with E-state index in [2.05, 4.69) is 15.3 Å². The number of carbonyl (C=O) groups is 2. The summed E-state index contributed by atoms with van der Waals surface area (Å²) in [6.07, 6.45) is 2.81. The van der Waals surface area contributed by atoms with Gasteiger partial charge in [0.2, 0.25) is 5.91 Å². The molecule has 1 aliphatic rings. The van der Waals surface area contributed by atoms with E-state index in [-0.39, 0.29) is 23.3 Å². The topological polar surface area (TPSA) is 126 Å². The highest BCUT2D eigenvalue weighted by molar-refractivity contribution is 8.04. The Bertz CT molecular complexity index is 785. The van der Waals surface area contributed by atoms with Crippen LogP contribution in [0.5, 0.6) is 0 Å². The lowest BCUT2D eigenvalue weighted by Crippen LogP contribution is -2.31. The molecule has 0 aromatic carbocycles.